The Labute approximate surface area is 117 Å². The van der Waals surface area contributed by atoms with Crippen LogP contribution in [0.25, 0.3) is 0 Å². The van der Waals surface area contributed by atoms with Gasteiger partial charge in [-0.05, 0) is 51.0 Å². The van der Waals surface area contributed by atoms with Gasteiger partial charge in [-0.15, -0.1) is 0 Å². The number of nitrogens with zero attached hydrogens (tertiary/aromatic N) is 1. The van der Waals surface area contributed by atoms with Crippen LogP contribution in [0.3, 0.4) is 0 Å². The van der Waals surface area contributed by atoms with Gasteiger partial charge in [0.15, 0.2) is 0 Å². The summed E-state index contributed by atoms with van der Waals surface area (Å²) >= 11 is 0. The fraction of sp³-hybridized carbons (Fsp3) is 0.625. The number of rotatable bonds is 7. The van der Waals surface area contributed by atoms with E-state index < -0.39 is 0 Å². The third-order valence-electron chi connectivity index (χ3n) is 3.58. The van der Waals surface area contributed by atoms with E-state index in [9.17, 15) is 0 Å². The number of hydrogen-bond acceptors (Lipinski definition) is 3. The second-order valence-electron chi connectivity index (χ2n) is 5.57. The van der Waals surface area contributed by atoms with Crippen LogP contribution in [0.1, 0.15) is 49.8 Å². The Bertz CT molecular complexity index is 388. The van der Waals surface area contributed by atoms with Gasteiger partial charge in [0, 0.05) is 11.6 Å². The normalized spacial score (nSPS) is 13.1. The first-order valence-corrected chi connectivity index (χ1v) is 7.05. The van der Waals surface area contributed by atoms with E-state index in [1.807, 2.05) is 0 Å². The van der Waals surface area contributed by atoms with Crippen LogP contribution in [-0.4, -0.2) is 32.6 Å². The van der Waals surface area contributed by atoms with E-state index in [0.717, 1.165) is 25.1 Å². The molecule has 1 atom stereocenters. The van der Waals surface area contributed by atoms with Gasteiger partial charge in [-0.25, -0.2) is 0 Å². The lowest BCUT2D eigenvalue weighted by Gasteiger charge is -2.27. The molecule has 0 fully saturated rings. The molecule has 2 N–H and O–H groups in total. The average Bonchev–Trinajstić information content (AvgIpc) is 2.38. The van der Waals surface area contributed by atoms with Gasteiger partial charge in [-0.2, -0.15) is 0 Å². The predicted octanol–water partition coefficient (Wildman–Crippen LogP) is 3.16. The van der Waals surface area contributed by atoms with Crippen LogP contribution in [0.4, 0.5) is 0 Å². The second-order valence-corrected chi connectivity index (χ2v) is 5.57. The Morgan fingerprint density at radius 1 is 1.26 bits per heavy atom. The molecule has 0 amide bonds. The summed E-state index contributed by atoms with van der Waals surface area (Å²) in [5, 5.41) is 0. The molecule has 0 heterocycles. The fourth-order valence-corrected chi connectivity index (χ4v) is 2.38. The first-order valence-electron chi connectivity index (χ1n) is 7.05. The minimum Gasteiger partial charge on any atom is -0.496 e. The van der Waals surface area contributed by atoms with Gasteiger partial charge in [-0.3, -0.25) is 0 Å². The van der Waals surface area contributed by atoms with Crippen molar-refractivity contribution in [2.45, 2.75) is 38.6 Å². The highest BCUT2D eigenvalue weighted by atomic mass is 16.5. The topological polar surface area (TPSA) is 38.5 Å². The van der Waals surface area contributed by atoms with Gasteiger partial charge >= 0.3 is 0 Å². The summed E-state index contributed by atoms with van der Waals surface area (Å²) in [7, 11) is 5.97. The fourth-order valence-electron chi connectivity index (χ4n) is 2.38. The van der Waals surface area contributed by atoms with Crippen LogP contribution in [-0.2, 0) is 0 Å². The molecule has 0 radical (unpaired) electrons. The lowest BCUT2D eigenvalue weighted by atomic mass is 9.94. The SMILES string of the molecule is COc1ccc(C(C)C)cc1C(CCCN)N(C)C. The van der Waals surface area contributed by atoms with Crippen molar-refractivity contribution in [1.29, 1.82) is 0 Å². The van der Waals surface area contributed by atoms with Crippen molar-refractivity contribution < 1.29 is 4.74 Å². The Morgan fingerprint density at radius 2 is 1.95 bits per heavy atom. The second kappa shape index (κ2) is 7.51. The molecule has 108 valence electrons. The zero-order valence-corrected chi connectivity index (χ0v) is 12.9. The number of methoxy groups -OCH3 is 1. The van der Waals surface area contributed by atoms with Crippen LogP contribution < -0.4 is 10.5 Å². The zero-order chi connectivity index (χ0) is 14.4. The minimum absolute atomic E-state index is 0.359. The Balaban J connectivity index is 3.14. The number of ether oxygens (including phenoxy) is 1. The van der Waals surface area contributed by atoms with Crippen molar-refractivity contribution in [3.8, 4) is 5.75 Å². The average molecular weight is 264 g/mol. The number of hydrogen-bond donors (Lipinski definition) is 1. The largest absolute Gasteiger partial charge is 0.496 e. The lowest BCUT2D eigenvalue weighted by molar-refractivity contribution is 0.271. The molecule has 0 spiro atoms. The summed E-state index contributed by atoms with van der Waals surface area (Å²) in [5.74, 6) is 1.50. The minimum atomic E-state index is 0.359. The molecule has 3 heteroatoms. The number of benzene rings is 1. The standard InChI is InChI=1S/C16H28N2O/c1-12(2)13-8-9-16(19-5)14(11-13)15(18(3)4)7-6-10-17/h8-9,11-12,15H,6-7,10,17H2,1-5H3. The van der Waals surface area contributed by atoms with Crippen molar-refractivity contribution in [2.75, 3.05) is 27.7 Å². The molecular formula is C16H28N2O. The molecule has 0 saturated heterocycles. The van der Waals surface area contributed by atoms with E-state index >= 15 is 0 Å². The maximum Gasteiger partial charge on any atom is 0.123 e. The van der Waals surface area contributed by atoms with E-state index in [0.29, 0.717) is 12.0 Å². The van der Waals surface area contributed by atoms with Crippen LogP contribution in [0.5, 0.6) is 5.75 Å². The Hall–Kier alpha value is -1.06. The van der Waals surface area contributed by atoms with Crippen LogP contribution in [0.2, 0.25) is 0 Å². The van der Waals surface area contributed by atoms with Gasteiger partial charge in [0.2, 0.25) is 0 Å². The quantitative estimate of drug-likeness (QED) is 0.822. The molecular weight excluding hydrogens is 236 g/mol. The molecule has 0 aliphatic heterocycles. The summed E-state index contributed by atoms with van der Waals surface area (Å²) in [6.45, 7) is 5.17. The van der Waals surface area contributed by atoms with E-state index in [-0.39, 0.29) is 0 Å². The Kier molecular flexibility index (Phi) is 6.32. The molecule has 0 saturated carbocycles. The van der Waals surface area contributed by atoms with Gasteiger partial charge in [-0.1, -0.05) is 26.0 Å². The molecule has 1 aromatic rings. The van der Waals surface area contributed by atoms with Crippen molar-refractivity contribution in [1.82, 2.24) is 4.90 Å². The highest BCUT2D eigenvalue weighted by Gasteiger charge is 2.19. The van der Waals surface area contributed by atoms with Gasteiger partial charge in [0.25, 0.3) is 0 Å². The molecule has 0 aliphatic rings. The first-order chi connectivity index (χ1) is 9.01. The Morgan fingerprint density at radius 3 is 2.42 bits per heavy atom. The monoisotopic (exact) mass is 264 g/mol. The van der Waals surface area contributed by atoms with Crippen LogP contribution in [0, 0.1) is 0 Å². The van der Waals surface area contributed by atoms with E-state index in [1.165, 1.54) is 11.1 Å². The van der Waals surface area contributed by atoms with Crippen molar-refractivity contribution in [3.05, 3.63) is 29.3 Å². The summed E-state index contributed by atoms with van der Waals surface area (Å²) < 4.78 is 5.53. The van der Waals surface area contributed by atoms with Gasteiger partial charge in [0.05, 0.1) is 7.11 Å². The lowest BCUT2D eigenvalue weighted by Crippen LogP contribution is -2.21. The maximum absolute atomic E-state index is 5.65. The molecule has 0 aliphatic carbocycles. The van der Waals surface area contributed by atoms with Crippen LogP contribution in [0.15, 0.2) is 18.2 Å². The summed E-state index contributed by atoms with van der Waals surface area (Å²) in [5.41, 5.74) is 8.28. The highest BCUT2D eigenvalue weighted by Crippen LogP contribution is 2.33. The molecule has 0 aromatic heterocycles. The van der Waals surface area contributed by atoms with Crippen LogP contribution >= 0.6 is 0 Å². The third kappa shape index (κ3) is 4.22. The molecule has 3 nitrogen and oxygen atoms in total. The van der Waals surface area contributed by atoms with Gasteiger partial charge < -0.3 is 15.4 Å². The highest BCUT2D eigenvalue weighted by molar-refractivity contribution is 5.40. The van der Waals surface area contributed by atoms with Gasteiger partial charge in [0.1, 0.15) is 5.75 Å². The van der Waals surface area contributed by atoms with Crippen molar-refractivity contribution >= 4 is 0 Å². The number of nitrogens with two attached hydrogens (primary N) is 1. The van der Waals surface area contributed by atoms with E-state index in [2.05, 4.69) is 51.0 Å². The van der Waals surface area contributed by atoms with E-state index in [4.69, 9.17) is 10.5 Å². The summed E-state index contributed by atoms with van der Waals surface area (Å²) in [6.07, 6.45) is 2.08. The van der Waals surface area contributed by atoms with Crippen molar-refractivity contribution in [2.24, 2.45) is 5.73 Å². The summed E-state index contributed by atoms with van der Waals surface area (Å²) in [6, 6.07) is 6.88. The molecule has 0 bridgehead atoms. The zero-order valence-electron chi connectivity index (χ0n) is 12.9. The smallest absolute Gasteiger partial charge is 0.123 e. The third-order valence-corrected chi connectivity index (χ3v) is 3.58. The van der Waals surface area contributed by atoms with Crippen molar-refractivity contribution in [3.63, 3.8) is 0 Å². The summed E-state index contributed by atoms with van der Waals surface area (Å²) in [4.78, 5) is 2.25. The molecule has 19 heavy (non-hydrogen) atoms. The maximum atomic E-state index is 5.65. The molecule has 1 unspecified atom stereocenters. The molecule has 1 aromatic carbocycles. The van der Waals surface area contributed by atoms with E-state index in [1.54, 1.807) is 7.11 Å². The predicted molar refractivity (Wildman–Crippen MR) is 81.8 cm³/mol. The first kappa shape index (κ1) is 16.0. The molecule has 1 rings (SSSR count).